The largest absolute Gasteiger partial charge is 0.416 e. The van der Waals surface area contributed by atoms with Crippen LogP contribution in [0.15, 0.2) is 55.0 Å². The van der Waals surface area contributed by atoms with Gasteiger partial charge in [-0.05, 0) is 42.8 Å². The molecule has 0 aliphatic heterocycles. The molecule has 0 fully saturated rings. The van der Waals surface area contributed by atoms with E-state index in [4.69, 9.17) is 5.73 Å². The van der Waals surface area contributed by atoms with Crippen molar-refractivity contribution in [2.75, 3.05) is 16.4 Å². The van der Waals surface area contributed by atoms with Crippen molar-refractivity contribution in [1.82, 2.24) is 14.6 Å². The quantitative estimate of drug-likeness (QED) is 0.286. The molecule has 0 aliphatic rings. The molecule has 4 rings (SSSR count). The molecular weight excluding hydrogens is 456 g/mol. The lowest BCUT2D eigenvalue weighted by Gasteiger charge is -2.12. The number of nitrogen functional groups attached to an aromatic ring is 1. The lowest BCUT2D eigenvalue weighted by atomic mass is 10.0. The number of halogens is 4. The van der Waals surface area contributed by atoms with Crippen LogP contribution in [0.5, 0.6) is 0 Å². The summed E-state index contributed by atoms with van der Waals surface area (Å²) in [6.07, 6.45) is -1.89. The van der Waals surface area contributed by atoms with Crippen LogP contribution in [0.1, 0.15) is 22.8 Å². The minimum absolute atomic E-state index is 0.169. The van der Waals surface area contributed by atoms with Gasteiger partial charge in [0, 0.05) is 23.0 Å². The molecule has 4 N–H and O–H groups in total. The fourth-order valence-corrected chi connectivity index (χ4v) is 3.40. The van der Waals surface area contributed by atoms with E-state index in [0.29, 0.717) is 40.4 Å². The first-order valence-electron chi connectivity index (χ1n) is 9.72. The Balaban J connectivity index is 1.58. The number of anilines is 3. The van der Waals surface area contributed by atoms with E-state index in [2.05, 4.69) is 20.7 Å². The Labute approximate surface area is 189 Å². The molecule has 0 atom stereocenters. The third-order valence-corrected chi connectivity index (χ3v) is 4.95. The van der Waals surface area contributed by atoms with Gasteiger partial charge in [-0.2, -0.15) is 18.3 Å². The van der Waals surface area contributed by atoms with Gasteiger partial charge in [0.05, 0.1) is 11.3 Å². The highest BCUT2D eigenvalue weighted by atomic mass is 19.4. The van der Waals surface area contributed by atoms with Gasteiger partial charge in [-0.3, -0.25) is 4.79 Å². The zero-order chi connectivity index (χ0) is 24.6. The van der Waals surface area contributed by atoms with Crippen LogP contribution in [0, 0.1) is 5.82 Å². The van der Waals surface area contributed by atoms with E-state index >= 15 is 0 Å². The predicted molar refractivity (Wildman–Crippen MR) is 117 cm³/mol. The van der Waals surface area contributed by atoms with Crippen LogP contribution in [0.2, 0.25) is 0 Å². The Morgan fingerprint density at radius 1 is 1.06 bits per heavy atom. The summed E-state index contributed by atoms with van der Waals surface area (Å²) >= 11 is 0. The smallest absolute Gasteiger partial charge is 0.382 e. The number of carbonyl (C=O) groups excluding carboxylic acids is 2. The Kier molecular flexibility index (Phi) is 5.65. The minimum Gasteiger partial charge on any atom is -0.382 e. The first kappa shape index (κ1) is 22.7. The summed E-state index contributed by atoms with van der Waals surface area (Å²) in [4.78, 5) is 28.3. The fraction of sp³-hybridized carbons (Fsp3) is 0.0909. The van der Waals surface area contributed by atoms with Gasteiger partial charge in [-0.1, -0.05) is 12.1 Å². The predicted octanol–water partition coefficient (Wildman–Crippen LogP) is 4.98. The van der Waals surface area contributed by atoms with Gasteiger partial charge in [0.1, 0.15) is 17.7 Å². The summed E-state index contributed by atoms with van der Waals surface area (Å²) in [5.74, 6) is -1.07. The number of Topliss-reactive ketones (excluding diaryl/α,β-unsaturated/α-hetero) is 1. The molecule has 0 spiro atoms. The number of amides is 2. The number of ketones is 1. The number of hydrogen-bond donors (Lipinski definition) is 3. The summed E-state index contributed by atoms with van der Waals surface area (Å²) < 4.78 is 53.9. The van der Waals surface area contributed by atoms with Gasteiger partial charge in [0.2, 0.25) is 0 Å². The molecule has 0 aliphatic carbocycles. The monoisotopic (exact) mass is 472 g/mol. The van der Waals surface area contributed by atoms with Crippen LogP contribution in [0.25, 0.3) is 16.6 Å². The van der Waals surface area contributed by atoms with Crippen LogP contribution in [-0.4, -0.2) is 26.4 Å². The molecule has 2 heterocycles. The second-order valence-electron chi connectivity index (χ2n) is 7.26. The van der Waals surface area contributed by atoms with Crippen molar-refractivity contribution in [1.29, 1.82) is 0 Å². The molecule has 0 unspecified atom stereocenters. The van der Waals surface area contributed by atoms with E-state index in [9.17, 15) is 27.2 Å². The summed E-state index contributed by atoms with van der Waals surface area (Å²) in [5.41, 5.74) is 6.42. The lowest BCUT2D eigenvalue weighted by Crippen LogP contribution is -2.20. The number of rotatable bonds is 4. The van der Waals surface area contributed by atoms with Crippen molar-refractivity contribution in [3.8, 4) is 11.1 Å². The first-order valence-corrected chi connectivity index (χ1v) is 9.72. The van der Waals surface area contributed by atoms with Gasteiger partial charge in [-0.15, -0.1) is 0 Å². The topological polar surface area (TPSA) is 114 Å². The molecule has 12 heteroatoms. The number of alkyl halides is 3. The molecule has 2 aromatic carbocycles. The van der Waals surface area contributed by atoms with Crippen LogP contribution in [-0.2, 0) is 6.18 Å². The van der Waals surface area contributed by atoms with Gasteiger partial charge < -0.3 is 16.4 Å². The second kappa shape index (κ2) is 8.46. The van der Waals surface area contributed by atoms with Crippen LogP contribution >= 0.6 is 0 Å². The molecule has 4 aromatic rings. The Morgan fingerprint density at radius 3 is 2.41 bits per heavy atom. The van der Waals surface area contributed by atoms with E-state index in [0.717, 1.165) is 0 Å². The highest BCUT2D eigenvalue weighted by molar-refractivity contribution is 6.07. The number of nitrogens with one attached hydrogen (secondary N) is 2. The molecule has 0 saturated heterocycles. The number of aromatic nitrogens is 3. The van der Waals surface area contributed by atoms with E-state index in [-0.39, 0.29) is 17.3 Å². The number of benzene rings is 2. The van der Waals surface area contributed by atoms with E-state index in [1.54, 1.807) is 12.1 Å². The summed E-state index contributed by atoms with van der Waals surface area (Å²) in [5, 5.41) is 8.54. The Bertz CT molecular complexity index is 1410. The Hall–Kier alpha value is -4.48. The maximum Gasteiger partial charge on any atom is 0.416 e. The number of nitrogens with zero attached hydrogens (tertiary/aromatic N) is 3. The van der Waals surface area contributed by atoms with E-state index in [1.807, 2.05) is 0 Å². The molecule has 2 amide bonds. The molecule has 0 saturated carbocycles. The number of fused-ring (bicyclic) bond motifs is 1. The van der Waals surface area contributed by atoms with Crippen LogP contribution in [0.4, 0.5) is 39.5 Å². The van der Waals surface area contributed by atoms with E-state index in [1.165, 1.54) is 36.1 Å². The lowest BCUT2D eigenvalue weighted by molar-refractivity contribution is -0.137. The zero-order valence-corrected chi connectivity index (χ0v) is 17.4. The molecule has 34 heavy (non-hydrogen) atoms. The normalized spacial score (nSPS) is 11.4. The minimum atomic E-state index is -4.69. The average Bonchev–Trinajstić information content (AvgIpc) is 3.16. The number of carbonyl (C=O) groups is 2. The maximum atomic E-state index is 13.9. The maximum absolute atomic E-state index is 13.9. The van der Waals surface area contributed by atoms with Crippen molar-refractivity contribution < 1.29 is 27.2 Å². The van der Waals surface area contributed by atoms with Gasteiger partial charge in [0.25, 0.3) is 0 Å². The first-order chi connectivity index (χ1) is 16.0. The molecule has 8 nitrogen and oxygen atoms in total. The number of nitrogens with two attached hydrogens (primary N) is 1. The summed E-state index contributed by atoms with van der Waals surface area (Å²) in [6.45, 7) is 1.40. The highest BCUT2D eigenvalue weighted by Gasteiger charge is 2.31. The molecule has 2 aromatic heterocycles. The highest BCUT2D eigenvalue weighted by Crippen LogP contribution is 2.34. The fourth-order valence-electron chi connectivity index (χ4n) is 3.40. The third-order valence-electron chi connectivity index (χ3n) is 4.95. The number of hydrogen-bond acceptors (Lipinski definition) is 5. The SMILES string of the molecule is CC(=O)c1cn2ncnc(N)c2c1-c1ccc(NC(=O)Nc2cc(C(F)(F)F)ccc2F)cc1. The van der Waals surface area contributed by atoms with Crippen molar-refractivity contribution >= 4 is 34.5 Å². The molecular formula is C22H16F4N6O2. The van der Waals surface area contributed by atoms with Gasteiger partial charge in [-0.25, -0.2) is 18.7 Å². The van der Waals surface area contributed by atoms with Crippen molar-refractivity contribution in [3.05, 3.63) is 71.9 Å². The number of urea groups is 1. The van der Waals surface area contributed by atoms with Crippen LogP contribution < -0.4 is 16.4 Å². The summed E-state index contributed by atoms with van der Waals surface area (Å²) in [7, 11) is 0. The van der Waals surface area contributed by atoms with Crippen molar-refractivity contribution in [2.24, 2.45) is 0 Å². The zero-order valence-electron chi connectivity index (χ0n) is 17.4. The molecule has 0 bridgehead atoms. The standard InChI is InChI=1S/C22H16F4N6O2/c1-11(33)15-9-32-19(20(27)28-10-29-32)18(15)12-2-5-14(6-3-12)30-21(34)31-17-8-13(22(24,25)26)4-7-16(17)23/h2-10H,1H3,(H2,27,28,29)(H2,30,31,34). The summed E-state index contributed by atoms with van der Waals surface area (Å²) in [6, 6.07) is 6.99. The van der Waals surface area contributed by atoms with Crippen molar-refractivity contribution in [3.63, 3.8) is 0 Å². The average molecular weight is 472 g/mol. The second-order valence-corrected chi connectivity index (χ2v) is 7.26. The molecule has 0 radical (unpaired) electrons. The van der Waals surface area contributed by atoms with Gasteiger partial charge in [0.15, 0.2) is 11.6 Å². The van der Waals surface area contributed by atoms with Crippen molar-refractivity contribution in [2.45, 2.75) is 13.1 Å². The third kappa shape index (κ3) is 4.37. The van der Waals surface area contributed by atoms with Crippen LogP contribution in [0.3, 0.4) is 0 Å². The Morgan fingerprint density at radius 2 is 1.76 bits per heavy atom. The molecule has 174 valence electrons. The van der Waals surface area contributed by atoms with Gasteiger partial charge >= 0.3 is 12.2 Å². The van der Waals surface area contributed by atoms with E-state index < -0.39 is 29.3 Å².